The topological polar surface area (TPSA) is 37.4 Å². The van der Waals surface area contributed by atoms with E-state index < -0.39 is 5.41 Å². The highest BCUT2D eigenvalue weighted by atomic mass is 16.2. The lowest BCUT2D eigenvalue weighted by Crippen LogP contribution is -2.33. The molecule has 0 unspecified atom stereocenters. The quantitative estimate of drug-likeness (QED) is 0.488. The fourth-order valence-corrected chi connectivity index (χ4v) is 1.55. The standard InChI is InChI=1S/C11H15NO2/c1-4-5-6-7-12-9(13)8-11(2,3)10(12)14/h6-8H2,1-3H3. The van der Waals surface area contributed by atoms with Gasteiger partial charge in [-0.2, -0.15) is 0 Å². The van der Waals surface area contributed by atoms with Gasteiger partial charge in [0.1, 0.15) is 0 Å². The maximum Gasteiger partial charge on any atom is 0.235 e. The van der Waals surface area contributed by atoms with Crippen molar-refractivity contribution in [3.05, 3.63) is 0 Å². The summed E-state index contributed by atoms with van der Waals surface area (Å²) in [6.45, 7) is 5.79. The van der Waals surface area contributed by atoms with E-state index in [2.05, 4.69) is 11.8 Å². The van der Waals surface area contributed by atoms with Gasteiger partial charge in [0.05, 0.1) is 5.41 Å². The lowest BCUT2D eigenvalue weighted by atomic mass is 9.92. The molecule has 0 N–H and O–H groups in total. The Morgan fingerprint density at radius 2 is 2.07 bits per heavy atom. The third-order valence-corrected chi connectivity index (χ3v) is 2.36. The summed E-state index contributed by atoms with van der Waals surface area (Å²) in [7, 11) is 0. The molecule has 0 aromatic rings. The summed E-state index contributed by atoms with van der Waals surface area (Å²) < 4.78 is 0. The van der Waals surface area contributed by atoms with Crippen LogP contribution in [0, 0.1) is 17.3 Å². The Kier molecular flexibility index (Phi) is 2.95. The van der Waals surface area contributed by atoms with Crippen molar-refractivity contribution in [3.8, 4) is 11.8 Å². The monoisotopic (exact) mass is 193 g/mol. The number of carbonyl (C=O) groups excluding carboxylic acids is 2. The van der Waals surface area contributed by atoms with Crippen LogP contribution in [0.2, 0.25) is 0 Å². The first-order chi connectivity index (χ1) is 6.49. The van der Waals surface area contributed by atoms with Crippen LogP contribution in [-0.2, 0) is 9.59 Å². The van der Waals surface area contributed by atoms with Crippen molar-refractivity contribution in [1.82, 2.24) is 4.90 Å². The number of hydrogen-bond donors (Lipinski definition) is 0. The summed E-state index contributed by atoms with van der Waals surface area (Å²) in [6.07, 6.45) is 0.898. The third kappa shape index (κ3) is 1.95. The Labute approximate surface area is 84.5 Å². The minimum absolute atomic E-state index is 0.0691. The highest BCUT2D eigenvalue weighted by molar-refractivity contribution is 6.05. The van der Waals surface area contributed by atoms with Gasteiger partial charge in [-0.15, -0.1) is 11.8 Å². The molecule has 1 aliphatic rings. The first-order valence-electron chi connectivity index (χ1n) is 4.73. The second-order valence-electron chi connectivity index (χ2n) is 4.09. The van der Waals surface area contributed by atoms with Gasteiger partial charge >= 0.3 is 0 Å². The zero-order valence-corrected chi connectivity index (χ0v) is 8.89. The largest absolute Gasteiger partial charge is 0.281 e. The van der Waals surface area contributed by atoms with E-state index in [1.165, 1.54) is 4.90 Å². The predicted molar refractivity (Wildman–Crippen MR) is 53.2 cm³/mol. The number of rotatable bonds is 2. The zero-order valence-electron chi connectivity index (χ0n) is 8.89. The number of likely N-dealkylation sites (tertiary alicyclic amines) is 1. The van der Waals surface area contributed by atoms with Crippen molar-refractivity contribution in [3.63, 3.8) is 0 Å². The van der Waals surface area contributed by atoms with Crippen molar-refractivity contribution in [2.24, 2.45) is 5.41 Å². The van der Waals surface area contributed by atoms with Crippen molar-refractivity contribution in [1.29, 1.82) is 0 Å². The minimum Gasteiger partial charge on any atom is -0.281 e. The average molecular weight is 193 g/mol. The molecule has 1 rings (SSSR count). The molecular weight excluding hydrogens is 178 g/mol. The van der Waals surface area contributed by atoms with Crippen molar-refractivity contribution < 1.29 is 9.59 Å². The maximum absolute atomic E-state index is 11.7. The lowest BCUT2D eigenvalue weighted by molar-refractivity contribution is -0.140. The number of amides is 2. The molecule has 0 aliphatic carbocycles. The molecule has 14 heavy (non-hydrogen) atoms. The van der Waals surface area contributed by atoms with E-state index in [1.54, 1.807) is 20.8 Å². The van der Waals surface area contributed by atoms with Crippen molar-refractivity contribution >= 4 is 11.8 Å². The Morgan fingerprint density at radius 3 is 2.50 bits per heavy atom. The molecule has 1 aliphatic heterocycles. The van der Waals surface area contributed by atoms with Gasteiger partial charge in [0.25, 0.3) is 0 Å². The molecule has 1 saturated heterocycles. The van der Waals surface area contributed by atoms with Crippen LogP contribution < -0.4 is 0 Å². The SMILES string of the molecule is CC#CCCN1C(=O)CC(C)(C)C1=O. The van der Waals surface area contributed by atoms with E-state index in [0.717, 1.165) is 0 Å². The van der Waals surface area contributed by atoms with Crippen LogP contribution >= 0.6 is 0 Å². The van der Waals surface area contributed by atoms with Gasteiger partial charge in [0, 0.05) is 19.4 Å². The van der Waals surface area contributed by atoms with E-state index in [-0.39, 0.29) is 11.8 Å². The number of imide groups is 1. The summed E-state index contributed by atoms with van der Waals surface area (Å²) in [5, 5.41) is 0. The molecule has 3 heteroatoms. The van der Waals surface area contributed by atoms with E-state index in [9.17, 15) is 9.59 Å². The second kappa shape index (κ2) is 3.83. The Bertz CT molecular complexity index is 320. The summed E-state index contributed by atoms with van der Waals surface area (Å²) in [5.74, 6) is 5.45. The van der Waals surface area contributed by atoms with Crippen LogP contribution in [0.25, 0.3) is 0 Å². The molecule has 2 amide bonds. The first-order valence-corrected chi connectivity index (χ1v) is 4.73. The maximum atomic E-state index is 11.7. The van der Waals surface area contributed by atoms with Crippen LogP contribution in [0.15, 0.2) is 0 Å². The highest BCUT2D eigenvalue weighted by Crippen LogP contribution is 2.31. The first kappa shape index (κ1) is 10.8. The van der Waals surface area contributed by atoms with Gasteiger partial charge < -0.3 is 0 Å². The third-order valence-electron chi connectivity index (χ3n) is 2.36. The van der Waals surface area contributed by atoms with Gasteiger partial charge in [0.2, 0.25) is 11.8 Å². The zero-order chi connectivity index (χ0) is 10.8. The molecule has 76 valence electrons. The average Bonchev–Trinajstić information content (AvgIpc) is 2.27. The second-order valence-corrected chi connectivity index (χ2v) is 4.09. The van der Waals surface area contributed by atoms with E-state index >= 15 is 0 Å². The van der Waals surface area contributed by atoms with Gasteiger partial charge in [0.15, 0.2) is 0 Å². The summed E-state index contributed by atoms with van der Waals surface area (Å²) in [5.41, 5.74) is -0.517. The summed E-state index contributed by atoms with van der Waals surface area (Å²) >= 11 is 0. The van der Waals surface area contributed by atoms with Crippen molar-refractivity contribution in [2.75, 3.05) is 6.54 Å². The van der Waals surface area contributed by atoms with E-state index in [4.69, 9.17) is 0 Å². The minimum atomic E-state index is -0.517. The van der Waals surface area contributed by atoms with Crippen molar-refractivity contribution in [2.45, 2.75) is 33.6 Å². The van der Waals surface area contributed by atoms with E-state index in [0.29, 0.717) is 19.4 Å². The van der Waals surface area contributed by atoms with Gasteiger partial charge in [-0.1, -0.05) is 13.8 Å². The fraction of sp³-hybridized carbons (Fsp3) is 0.636. The number of hydrogen-bond acceptors (Lipinski definition) is 2. The Balaban J connectivity index is 2.65. The number of carbonyl (C=O) groups is 2. The fourth-order valence-electron chi connectivity index (χ4n) is 1.55. The van der Waals surface area contributed by atoms with Gasteiger partial charge in [-0.05, 0) is 6.92 Å². The molecule has 0 radical (unpaired) electrons. The molecule has 0 saturated carbocycles. The molecule has 1 fully saturated rings. The van der Waals surface area contributed by atoms with Gasteiger partial charge in [-0.3, -0.25) is 14.5 Å². The molecule has 0 aromatic heterocycles. The Morgan fingerprint density at radius 1 is 1.43 bits per heavy atom. The highest BCUT2D eigenvalue weighted by Gasteiger charge is 2.44. The molecule has 0 aromatic carbocycles. The normalized spacial score (nSPS) is 19.5. The Hall–Kier alpha value is -1.30. The van der Waals surface area contributed by atoms with E-state index in [1.807, 2.05) is 0 Å². The molecule has 0 bridgehead atoms. The lowest BCUT2D eigenvalue weighted by Gasteiger charge is -2.16. The number of nitrogens with zero attached hydrogens (tertiary/aromatic N) is 1. The summed E-state index contributed by atoms with van der Waals surface area (Å²) in [6, 6.07) is 0. The van der Waals surface area contributed by atoms with Crippen LogP contribution in [0.1, 0.15) is 33.6 Å². The molecule has 3 nitrogen and oxygen atoms in total. The molecular formula is C11H15NO2. The van der Waals surface area contributed by atoms with Crippen LogP contribution in [-0.4, -0.2) is 23.3 Å². The molecule has 1 heterocycles. The van der Waals surface area contributed by atoms with Crippen LogP contribution in [0.4, 0.5) is 0 Å². The molecule has 0 atom stereocenters. The van der Waals surface area contributed by atoms with Crippen LogP contribution in [0.5, 0.6) is 0 Å². The predicted octanol–water partition coefficient (Wildman–Crippen LogP) is 1.18. The molecule has 0 spiro atoms. The van der Waals surface area contributed by atoms with Gasteiger partial charge in [-0.25, -0.2) is 0 Å². The summed E-state index contributed by atoms with van der Waals surface area (Å²) in [4.78, 5) is 24.5. The van der Waals surface area contributed by atoms with Crippen LogP contribution in [0.3, 0.4) is 0 Å². The smallest absolute Gasteiger partial charge is 0.235 e.